The van der Waals surface area contributed by atoms with Crippen LogP contribution in [0.25, 0.3) is 0 Å². The molecule has 0 bridgehead atoms. The van der Waals surface area contributed by atoms with Gasteiger partial charge in [-0.3, -0.25) is 14.7 Å². The molecule has 27 heavy (non-hydrogen) atoms. The molecule has 0 aromatic heterocycles. The molecule has 2 atom stereocenters. The monoisotopic (exact) mass is 381 g/mol. The van der Waals surface area contributed by atoms with Gasteiger partial charge in [0, 0.05) is 27.2 Å². The molecule has 2 fully saturated rings. The first-order valence-corrected chi connectivity index (χ1v) is 8.52. The minimum atomic E-state index is -1.03. The number of aliphatic hydroxyl groups is 1. The molecule has 146 valence electrons. The van der Waals surface area contributed by atoms with Crippen molar-refractivity contribution >= 4 is 17.9 Å². The van der Waals surface area contributed by atoms with Gasteiger partial charge in [0.25, 0.3) is 5.91 Å². The van der Waals surface area contributed by atoms with Crippen molar-refractivity contribution in [1.29, 1.82) is 0 Å². The summed E-state index contributed by atoms with van der Waals surface area (Å²) in [7, 11) is 3.24. The Morgan fingerprint density at radius 1 is 1.19 bits per heavy atom. The summed E-state index contributed by atoms with van der Waals surface area (Å²) in [5.74, 6) is -2.01. The van der Waals surface area contributed by atoms with Crippen LogP contribution in [0.5, 0.6) is 0 Å². The van der Waals surface area contributed by atoms with Crippen LogP contribution in [-0.4, -0.2) is 77.2 Å². The molecule has 2 N–H and O–H groups in total. The highest BCUT2D eigenvalue weighted by Crippen LogP contribution is 2.25. The van der Waals surface area contributed by atoms with Gasteiger partial charge in [-0.15, -0.1) is 0 Å². The van der Waals surface area contributed by atoms with Crippen molar-refractivity contribution in [1.82, 2.24) is 20.0 Å². The molecule has 3 amide bonds. The number of hydrogen-bond acceptors (Lipinski definition) is 4. The maximum Gasteiger partial charge on any atom is 0.328 e. The number of fused-ring (bicyclic) bond motifs is 1. The molecule has 3 rings (SSSR count). The molecular formula is C17H21F2N5O3. The third kappa shape index (κ3) is 3.44. The van der Waals surface area contributed by atoms with E-state index in [-0.39, 0.29) is 13.2 Å². The highest BCUT2D eigenvalue weighted by atomic mass is 19.2. The lowest BCUT2D eigenvalue weighted by molar-refractivity contribution is -0.137. The molecule has 1 aromatic carbocycles. The third-order valence-corrected chi connectivity index (χ3v) is 4.70. The van der Waals surface area contributed by atoms with E-state index in [1.807, 2.05) is 0 Å². The topological polar surface area (TPSA) is 88.5 Å². The van der Waals surface area contributed by atoms with Gasteiger partial charge >= 0.3 is 6.03 Å². The number of amides is 3. The average Bonchev–Trinajstić information content (AvgIpc) is 2.97. The van der Waals surface area contributed by atoms with E-state index in [0.29, 0.717) is 24.5 Å². The smallest absolute Gasteiger partial charge is 0.328 e. The molecular weight excluding hydrogens is 360 g/mol. The summed E-state index contributed by atoms with van der Waals surface area (Å²) < 4.78 is 26.6. The Hall–Kier alpha value is -2.75. The molecule has 8 nitrogen and oxygen atoms in total. The number of nitrogens with zero attached hydrogens (tertiary/aromatic N) is 4. The first-order chi connectivity index (χ1) is 12.8. The number of carbonyl (C=O) groups excluding carboxylic acids is 2. The molecule has 2 saturated heterocycles. The van der Waals surface area contributed by atoms with Gasteiger partial charge in [-0.05, 0) is 24.1 Å². The number of imide groups is 1. The van der Waals surface area contributed by atoms with Gasteiger partial charge in [0.2, 0.25) is 0 Å². The zero-order valence-electron chi connectivity index (χ0n) is 15.0. The molecule has 0 aliphatic carbocycles. The lowest BCUT2D eigenvalue weighted by atomic mass is 10.1. The zero-order chi connectivity index (χ0) is 19.7. The number of carbonyl (C=O) groups is 2. The van der Waals surface area contributed by atoms with Crippen molar-refractivity contribution in [3.8, 4) is 0 Å². The van der Waals surface area contributed by atoms with Crippen LogP contribution in [0.4, 0.5) is 13.6 Å². The first kappa shape index (κ1) is 19.0. The van der Waals surface area contributed by atoms with Crippen LogP contribution in [-0.2, 0) is 11.3 Å². The van der Waals surface area contributed by atoms with Crippen molar-refractivity contribution in [3.63, 3.8) is 0 Å². The fraction of sp³-hybridized carbons (Fsp3) is 0.471. The lowest BCUT2D eigenvalue weighted by Gasteiger charge is -2.40. The number of rotatable bonds is 5. The number of benzene rings is 1. The largest absolute Gasteiger partial charge is 0.396 e. The average molecular weight is 381 g/mol. The summed E-state index contributed by atoms with van der Waals surface area (Å²) in [6, 6.07) is 2.05. The zero-order valence-corrected chi connectivity index (χ0v) is 15.0. The summed E-state index contributed by atoms with van der Waals surface area (Å²) >= 11 is 0. The molecule has 2 heterocycles. The minimum absolute atomic E-state index is 0.00662. The van der Waals surface area contributed by atoms with Crippen molar-refractivity contribution < 1.29 is 23.5 Å². The SMILES string of the molecule is CN1C(=O)N(Cc2ccc(F)c(F)c2)C(=O)C2C1NC(=NCCCO)N2C. The van der Waals surface area contributed by atoms with Gasteiger partial charge in [-0.1, -0.05) is 6.07 Å². The lowest BCUT2D eigenvalue weighted by Crippen LogP contribution is -2.65. The van der Waals surface area contributed by atoms with Gasteiger partial charge in [-0.2, -0.15) is 0 Å². The summed E-state index contributed by atoms with van der Waals surface area (Å²) in [6.45, 7) is 0.229. The standard InChI is InChI=1S/C17H21F2N5O3/c1-22-13-14(21-16(22)20-6-3-7-25)23(2)17(27)24(15(13)26)9-10-4-5-11(18)12(19)8-10/h4-5,8,13-14,25H,3,6-7,9H2,1-2H3,(H,20,21). The van der Waals surface area contributed by atoms with E-state index in [2.05, 4.69) is 10.3 Å². The van der Waals surface area contributed by atoms with E-state index in [1.54, 1.807) is 19.0 Å². The number of aliphatic hydroxyl groups excluding tert-OH is 1. The second-order valence-electron chi connectivity index (χ2n) is 6.49. The first-order valence-electron chi connectivity index (χ1n) is 8.52. The molecule has 0 spiro atoms. The number of aliphatic imine (C=N–C) groups is 1. The summed E-state index contributed by atoms with van der Waals surface area (Å²) in [5, 5.41) is 11.9. The Balaban J connectivity index is 1.83. The number of hydrogen-bond donors (Lipinski definition) is 2. The van der Waals surface area contributed by atoms with E-state index in [9.17, 15) is 18.4 Å². The van der Waals surface area contributed by atoms with Crippen molar-refractivity contribution in [2.45, 2.75) is 25.2 Å². The van der Waals surface area contributed by atoms with E-state index < -0.39 is 35.8 Å². The number of urea groups is 1. The van der Waals surface area contributed by atoms with Crippen LogP contribution < -0.4 is 5.32 Å². The molecule has 0 radical (unpaired) electrons. The van der Waals surface area contributed by atoms with Gasteiger partial charge in [0.1, 0.15) is 6.17 Å². The summed E-state index contributed by atoms with van der Waals surface area (Å²) in [4.78, 5) is 33.9. The maximum absolute atomic E-state index is 13.5. The van der Waals surface area contributed by atoms with Crippen molar-refractivity contribution in [2.75, 3.05) is 27.2 Å². The number of likely N-dealkylation sites (N-methyl/N-ethyl adjacent to an activating group) is 2. The predicted octanol–water partition coefficient (Wildman–Crippen LogP) is 0.327. The van der Waals surface area contributed by atoms with E-state index in [1.165, 1.54) is 11.0 Å². The molecule has 10 heteroatoms. The Labute approximate surface area is 155 Å². The summed E-state index contributed by atoms with van der Waals surface area (Å²) in [6.07, 6.45) is -0.0941. The summed E-state index contributed by atoms with van der Waals surface area (Å²) in [5.41, 5.74) is 0.313. The minimum Gasteiger partial charge on any atom is -0.396 e. The van der Waals surface area contributed by atoms with Gasteiger partial charge in [-0.25, -0.2) is 13.6 Å². The van der Waals surface area contributed by atoms with Crippen LogP contribution in [0.2, 0.25) is 0 Å². The number of nitrogens with one attached hydrogen (secondary N) is 1. The van der Waals surface area contributed by atoms with Crippen molar-refractivity contribution in [2.24, 2.45) is 4.99 Å². The van der Waals surface area contributed by atoms with Crippen LogP contribution in [0.1, 0.15) is 12.0 Å². The quantitative estimate of drug-likeness (QED) is 0.718. The highest BCUT2D eigenvalue weighted by molar-refractivity contribution is 6.04. The fourth-order valence-corrected chi connectivity index (χ4v) is 3.21. The molecule has 2 unspecified atom stereocenters. The molecule has 1 aromatic rings. The molecule has 0 saturated carbocycles. The number of halogens is 2. The number of guanidine groups is 1. The maximum atomic E-state index is 13.5. The van der Waals surface area contributed by atoms with Crippen LogP contribution in [0.3, 0.4) is 0 Å². The van der Waals surface area contributed by atoms with Crippen LogP contribution in [0, 0.1) is 11.6 Å². The third-order valence-electron chi connectivity index (χ3n) is 4.70. The van der Waals surface area contributed by atoms with E-state index >= 15 is 0 Å². The van der Waals surface area contributed by atoms with Gasteiger partial charge in [0.15, 0.2) is 23.6 Å². The van der Waals surface area contributed by atoms with E-state index in [0.717, 1.165) is 17.0 Å². The Kier molecular flexibility index (Phi) is 5.26. The van der Waals surface area contributed by atoms with Gasteiger partial charge < -0.3 is 20.2 Å². The van der Waals surface area contributed by atoms with Crippen molar-refractivity contribution in [3.05, 3.63) is 35.4 Å². The second-order valence-corrected chi connectivity index (χ2v) is 6.49. The van der Waals surface area contributed by atoms with Gasteiger partial charge in [0.05, 0.1) is 6.54 Å². The van der Waals surface area contributed by atoms with E-state index in [4.69, 9.17) is 5.11 Å². The molecule has 2 aliphatic rings. The molecule has 2 aliphatic heterocycles. The van der Waals surface area contributed by atoms with Crippen LogP contribution in [0.15, 0.2) is 23.2 Å². The Bertz CT molecular complexity index is 788. The van der Waals surface area contributed by atoms with Crippen LogP contribution >= 0.6 is 0 Å². The normalized spacial score (nSPS) is 23.9. The second kappa shape index (κ2) is 7.47. The predicted molar refractivity (Wildman–Crippen MR) is 92.5 cm³/mol. The fourth-order valence-electron chi connectivity index (χ4n) is 3.21. The Morgan fingerprint density at radius 2 is 1.93 bits per heavy atom. The Morgan fingerprint density at radius 3 is 2.59 bits per heavy atom. The highest BCUT2D eigenvalue weighted by Gasteiger charge is 2.51.